The Morgan fingerprint density at radius 1 is 1.21 bits per heavy atom. The Kier molecular flexibility index (Phi) is 5.47. The van der Waals surface area contributed by atoms with Gasteiger partial charge in [-0.1, -0.05) is 60.1 Å². The minimum Gasteiger partial charge on any atom is -0.302 e. The average molecular weight is 324 g/mol. The topological polar surface area (TPSA) is 3.24 Å². The lowest BCUT2D eigenvalue weighted by atomic mass is 9.82. The summed E-state index contributed by atoms with van der Waals surface area (Å²) in [7, 11) is 0. The Balaban J connectivity index is 1.97. The van der Waals surface area contributed by atoms with Crippen LogP contribution in [0.5, 0.6) is 0 Å². The average Bonchev–Trinajstić information content (AvgIpc) is 2.90. The van der Waals surface area contributed by atoms with Crippen LogP contribution in [0, 0.1) is 5.41 Å². The van der Waals surface area contributed by atoms with Gasteiger partial charge < -0.3 is 4.90 Å². The van der Waals surface area contributed by atoms with Crippen molar-refractivity contribution in [2.24, 2.45) is 5.41 Å². The zero-order valence-corrected chi connectivity index (χ0v) is 13.8. The Labute approximate surface area is 126 Å². The van der Waals surface area contributed by atoms with Crippen LogP contribution in [0.2, 0.25) is 0 Å². The summed E-state index contributed by atoms with van der Waals surface area (Å²) in [4.78, 5) is 2.67. The molecule has 2 rings (SSSR count). The van der Waals surface area contributed by atoms with Gasteiger partial charge in [0.15, 0.2) is 0 Å². The van der Waals surface area contributed by atoms with Gasteiger partial charge in [-0.25, -0.2) is 0 Å². The van der Waals surface area contributed by atoms with E-state index in [4.69, 9.17) is 0 Å². The van der Waals surface area contributed by atoms with Crippen LogP contribution < -0.4 is 0 Å². The highest BCUT2D eigenvalue weighted by atomic mass is 79.9. The molecule has 106 valence electrons. The zero-order valence-electron chi connectivity index (χ0n) is 12.2. The van der Waals surface area contributed by atoms with Gasteiger partial charge in [-0.15, -0.1) is 0 Å². The van der Waals surface area contributed by atoms with Crippen molar-refractivity contribution in [1.82, 2.24) is 4.90 Å². The van der Waals surface area contributed by atoms with Crippen molar-refractivity contribution in [2.75, 3.05) is 25.0 Å². The summed E-state index contributed by atoms with van der Waals surface area (Å²) in [5, 5.41) is 1.05. The monoisotopic (exact) mass is 323 g/mol. The van der Waals surface area contributed by atoms with Crippen molar-refractivity contribution in [2.45, 2.75) is 39.0 Å². The standard InChI is InChI=1S/C17H26BrN/c1-3-17(4-2)10-11-19(14-17)13-16(12-18)15-8-6-5-7-9-15/h5-9,16H,3-4,10-14H2,1-2H3. The second-order valence-electron chi connectivity index (χ2n) is 5.95. The highest BCUT2D eigenvalue weighted by Gasteiger charge is 2.35. The number of rotatable bonds is 6. The molecule has 1 aliphatic rings. The summed E-state index contributed by atoms with van der Waals surface area (Å²) >= 11 is 3.70. The van der Waals surface area contributed by atoms with Gasteiger partial charge in [0, 0.05) is 24.3 Å². The first-order chi connectivity index (χ1) is 9.23. The maximum absolute atomic E-state index is 3.70. The molecule has 0 aliphatic carbocycles. The minimum absolute atomic E-state index is 0.591. The molecule has 0 spiro atoms. The summed E-state index contributed by atoms with van der Waals surface area (Å²) in [5.41, 5.74) is 2.05. The third-order valence-electron chi connectivity index (χ3n) is 4.95. The third-order valence-corrected chi connectivity index (χ3v) is 5.73. The molecule has 0 radical (unpaired) electrons. The van der Waals surface area contributed by atoms with E-state index in [2.05, 4.69) is 65.0 Å². The van der Waals surface area contributed by atoms with Crippen LogP contribution in [0.25, 0.3) is 0 Å². The predicted octanol–water partition coefficient (Wildman–Crippen LogP) is 4.68. The molecule has 19 heavy (non-hydrogen) atoms. The molecule has 1 nitrogen and oxygen atoms in total. The maximum Gasteiger partial charge on any atom is 0.0112 e. The van der Waals surface area contributed by atoms with Crippen LogP contribution in [0.3, 0.4) is 0 Å². The molecule has 1 fully saturated rings. The molecule has 1 heterocycles. The molecule has 0 saturated carbocycles. The molecular weight excluding hydrogens is 298 g/mol. The van der Waals surface area contributed by atoms with Crippen molar-refractivity contribution in [3.63, 3.8) is 0 Å². The van der Waals surface area contributed by atoms with Gasteiger partial charge in [-0.3, -0.25) is 0 Å². The molecule has 1 aromatic rings. The maximum atomic E-state index is 3.70. The van der Waals surface area contributed by atoms with E-state index in [0.29, 0.717) is 11.3 Å². The summed E-state index contributed by atoms with van der Waals surface area (Å²) in [6.45, 7) is 8.46. The van der Waals surface area contributed by atoms with Crippen molar-refractivity contribution in [3.05, 3.63) is 35.9 Å². The van der Waals surface area contributed by atoms with Crippen LogP contribution in [0.4, 0.5) is 0 Å². The molecule has 0 N–H and O–H groups in total. The number of halogens is 1. The fourth-order valence-corrected chi connectivity index (χ4v) is 3.87. The van der Waals surface area contributed by atoms with Gasteiger partial charge in [0.25, 0.3) is 0 Å². The molecule has 1 saturated heterocycles. The molecule has 1 atom stereocenters. The van der Waals surface area contributed by atoms with E-state index in [-0.39, 0.29) is 0 Å². The lowest BCUT2D eigenvalue weighted by Crippen LogP contribution is -2.30. The molecule has 0 amide bonds. The van der Waals surface area contributed by atoms with E-state index in [1.54, 1.807) is 0 Å². The Hall–Kier alpha value is -0.340. The van der Waals surface area contributed by atoms with Gasteiger partial charge >= 0.3 is 0 Å². The number of benzene rings is 1. The van der Waals surface area contributed by atoms with E-state index in [9.17, 15) is 0 Å². The van der Waals surface area contributed by atoms with Crippen molar-refractivity contribution in [3.8, 4) is 0 Å². The highest BCUT2D eigenvalue weighted by Crippen LogP contribution is 2.37. The van der Waals surface area contributed by atoms with E-state index < -0.39 is 0 Å². The van der Waals surface area contributed by atoms with Crippen molar-refractivity contribution in [1.29, 1.82) is 0 Å². The van der Waals surface area contributed by atoms with Gasteiger partial charge in [-0.2, -0.15) is 0 Å². The SMILES string of the molecule is CCC1(CC)CCN(CC(CBr)c2ccccc2)C1. The Morgan fingerprint density at radius 2 is 1.89 bits per heavy atom. The summed E-state index contributed by atoms with van der Waals surface area (Å²) in [6, 6.07) is 10.9. The molecular formula is C17H26BrN. The zero-order chi connectivity index (χ0) is 13.7. The van der Waals surface area contributed by atoms with Gasteiger partial charge in [0.1, 0.15) is 0 Å². The fourth-order valence-electron chi connectivity index (χ4n) is 3.29. The minimum atomic E-state index is 0.591. The second-order valence-corrected chi connectivity index (χ2v) is 6.60. The quantitative estimate of drug-likeness (QED) is 0.687. The van der Waals surface area contributed by atoms with Crippen molar-refractivity contribution >= 4 is 15.9 Å². The first kappa shape index (κ1) is 15.1. The van der Waals surface area contributed by atoms with Gasteiger partial charge in [0.2, 0.25) is 0 Å². The predicted molar refractivity (Wildman–Crippen MR) is 87.0 cm³/mol. The third kappa shape index (κ3) is 3.61. The molecule has 1 aliphatic heterocycles. The van der Waals surface area contributed by atoms with E-state index >= 15 is 0 Å². The molecule has 1 unspecified atom stereocenters. The summed E-state index contributed by atoms with van der Waals surface area (Å²) in [6.07, 6.45) is 4.03. The number of likely N-dealkylation sites (tertiary alicyclic amines) is 1. The number of alkyl halides is 1. The fraction of sp³-hybridized carbons (Fsp3) is 0.647. The molecule has 0 aromatic heterocycles. The van der Waals surface area contributed by atoms with Crippen LogP contribution >= 0.6 is 15.9 Å². The number of hydrogen-bond donors (Lipinski definition) is 0. The summed E-state index contributed by atoms with van der Waals surface area (Å²) in [5.74, 6) is 0.616. The molecule has 1 aromatic carbocycles. The van der Waals surface area contributed by atoms with E-state index in [1.165, 1.54) is 44.5 Å². The first-order valence-electron chi connectivity index (χ1n) is 7.56. The summed E-state index contributed by atoms with van der Waals surface area (Å²) < 4.78 is 0. The van der Waals surface area contributed by atoms with Crippen molar-refractivity contribution < 1.29 is 0 Å². The van der Waals surface area contributed by atoms with Gasteiger partial charge in [-0.05, 0) is 36.8 Å². The molecule has 2 heteroatoms. The molecule has 0 bridgehead atoms. The lowest BCUT2D eigenvalue weighted by Gasteiger charge is -2.28. The largest absolute Gasteiger partial charge is 0.302 e. The number of nitrogens with zero attached hydrogens (tertiary/aromatic N) is 1. The Bertz CT molecular complexity index is 372. The first-order valence-corrected chi connectivity index (χ1v) is 8.68. The van der Waals surface area contributed by atoms with Crippen LogP contribution in [-0.2, 0) is 0 Å². The van der Waals surface area contributed by atoms with Crippen LogP contribution in [0.15, 0.2) is 30.3 Å². The second kappa shape index (κ2) is 6.90. The number of hydrogen-bond acceptors (Lipinski definition) is 1. The van der Waals surface area contributed by atoms with Crippen LogP contribution in [-0.4, -0.2) is 29.9 Å². The highest BCUT2D eigenvalue weighted by molar-refractivity contribution is 9.09. The van der Waals surface area contributed by atoms with Gasteiger partial charge in [0.05, 0.1) is 0 Å². The smallest absolute Gasteiger partial charge is 0.0112 e. The van der Waals surface area contributed by atoms with Crippen LogP contribution in [0.1, 0.15) is 44.6 Å². The van der Waals surface area contributed by atoms with E-state index in [1.807, 2.05) is 0 Å². The Morgan fingerprint density at radius 3 is 2.42 bits per heavy atom. The normalized spacial score (nSPS) is 20.6. The lowest BCUT2D eigenvalue weighted by molar-refractivity contribution is 0.235. The van der Waals surface area contributed by atoms with E-state index in [0.717, 1.165) is 5.33 Å².